The van der Waals surface area contributed by atoms with Gasteiger partial charge in [-0.2, -0.15) is 0 Å². The van der Waals surface area contributed by atoms with Crippen molar-refractivity contribution in [3.05, 3.63) is 95.0 Å². The van der Waals surface area contributed by atoms with Crippen LogP contribution in [0.4, 0.5) is 5.69 Å². The maximum atomic E-state index is 12.9. The fourth-order valence-corrected chi connectivity index (χ4v) is 4.95. The Morgan fingerprint density at radius 1 is 1.08 bits per heavy atom. The minimum absolute atomic E-state index is 0.0541. The second kappa shape index (κ2) is 9.02. The predicted octanol–water partition coefficient (Wildman–Crippen LogP) is 3.92. The van der Waals surface area contributed by atoms with Crippen molar-refractivity contribution in [2.24, 2.45) is 0 Å². The van der Waals surface area contributed by atoms with Crippen LogP contribution in [0.25, 0.3) is 16.6 Å². The summed E-state index contributed by atoms with van der Waals surface area (Å²) >= 11 is 5.84. The Balaban J connectivity index is 1.32. The molecule has 36 heavy (non-hydrogen) atoms. The molecule has 0 unspecified atom stereocenters. The summed E-state index contributed by atoms with van der Waals surface area (Å²) in [6, 6.07) is 18.9. The van der Waals surface area contributed by atoms with Crippen molar-refractivity contribution < 1.29 is 18.3 Å². The number of halogens is 1. The maximum absolute atomic E-state index is 12.9. The van der Waals surface area contributed by atoms with Crippen molar-refractivity contribution in [2.45, 2.75) is 4.90 Å². The van der Waals surface area contributed by atoms with Gasteiger partial charge in [-0.15, -0.1) is 0 Å². The second-order valence-corrected chi connectivity index (χ2v) is 10.1. The average Bonchev–Trinajstić information content (AvgIpc) is 3.40. The molecule has 0 atom stereocenters. The van der Waals surface area contributed by atoms with Crippen LogP contribution in [0.15, 0.2) is 83.5 Å². The highest BCUT2D eigenvalue weighted by atomic mass is 35.5. The first kappa shape index (κ1) is 23.4. The molecule has 0 spiro atoms. The highest BCUT2D eigenvalue weighted by Gasteiger charge is 2.32. The number of nitrogens with zero attached hydrogens (tertiary/aromatic N) is 2. The number of anilines is 1. The number of amidine groups is 1. The van der Waals surface area contributed by atoms with Crippen molar-refractivity contribution in [1.82, 2.24) is 20.4 Å². The van der Waals surface area contributed by atoms with Gasteiger partial charge in [0.15, 0.2) is 5.84 Å². The Morgan fingerprint density at radius 3 is 2.58 bits per heavy atom. The molecule has 0 fully saturated rings. The zero-order chi connectivity index (χ0) is 25.4. The van der Waals surface area contributed by atoms with Crippen LogP contribution in [0.3, 0.4) is 0 Å². The number of aliphatic hydroxyl groups excluding tert-OH is 1. The summed E-state index contributed by atoms with van der Waals surface area (Å²) in [7, 11) is -3.98. The molecule has 0 bridgehead atoms. The lowest BCUT2D eigenvalue weighted by Crippen LogP contribution is -2.43. The summed E-state index contributed by atoms with van der Waals surface area (Å²) in [6.07, 6.45) is 0. The number of para-hydroxylation sites is 2. The number of rotatable bonds is 6. The largest absolute Gasteiger partial charge is 0.509 e. The van der Waals surface area contributed by atoms with Crippen molar-refractivity contribution in [3.63, 3.8) is 0 Å². The number of carbonyl (C=O) groups is 1. The van der Waals surface area contributed by atoms with Crippen LogP contribution in [-0.4, -0.2) is 46.8 Å². The Hall–Kier alpha value is -4.35. The highest BCUT2D eigenvalue weighted by molar-refractivity contribution is 7.92. The lowest BCUT2D eigenvalue weighted by Gasteiger charge is -2.19. The molecule has 182 valence electrons. The molecule has 0 radical (unpaired) electrons. The van der Waals surface area contributed by atoms with E-state index in [9.17, 15) is 18.3 Å². The number of carbonyl (C=O) groups excluding carboxylic acids is 1. The first-order valence-electron chi connectivity index (χ1n) is 10.6. The van der Waals surface area contributed by atoms with E-state index in [0.29, 0.717) is 22.1 Å². The van der Waals surface area contributed by atoms with Gasteiger partial charge in [-0.3, -0.25) is 25.4 Å². The van der Waals surface area contributed by atoms with Crippen LogP contribution in [0.2, 0.25) is 5.02 Å². The number of aromatic nitrogens is 2. The van der Waals surface area contributed by atoms with Gasteiger partial charge in [-0.05, 0) is 54.6 Å². The molecule has 10 nitrogen and oxygen atoms in total. The fourth-order valence-electron chi connectivity index (χ4n) is 3.72. The lowest BCUT2D eigenvalue weighted by atomic mass is 10.2. The zero-order valence-corrected chi connectivity index (χ0v) is 20.1. The topological polar surface area (TPSA) is 151 Å². The molecule has 1 aliphatic heterocycles. The Morgan fingerprint density at radius 2 is 1.83 bits per heavy atom. The van der Waals surface area contributed by atoms with E-state index in [4.69, 9.17) is 17.0 Å². The molecule has 2 heterocycles. The van der Waals surface area contributed by atoms with Crippen LogP contribution >= 0.6 is 11.6 Å². The lowest BCUT2D eigenvalue weighted by molar-refractivity contribution is 0.0874. The van der Waals surface area contributed by atoms with E-state index in [-0.39, 0.29) is 34.2 Å². The van der Waals surface area contributed by atoms with Gasteiger partial charge in [0.2, 0.25) is 0 Å². The van der Waals surface area contributed by atoms with Crippen LogP contribution < -0.4 is 10.1 Å². The van der Waals surface area contributed by atoms with Gasteiger partial charge < -0.3 is 10.1 Å². The average molecular weight is 523 g/mol. The van der Waals surface area contributed by atoms with E-state index < -0.39 is 15.9 Å². The molecule has 1 amide bonds. The van der Waals surface area contributed by atoms with Gasteiger partial charge >= 0.3 is 0 Å². The van der Waals surface area contributed by atoms with Crippen molar-refractivity contribution in [3.8, 4) is 0 Å². The number of imidazole rings is 1. The number of hydrogen-bond acceptors (Lipinski definition) is 6. The van der Waals surface area contributed by atoms with Gasteiger partial charge in [-0.25, -0.2) is 13.4 Å². The number of aromatic amines is 1. The zero-order valence-electron chi connectivity index (χ0n) is 18.5. The first-order chi connectivity index (χ1) is 17.2. The molecule has 0 saturated heterocycles. The summed E-state index contributed by atoms with van der Waals surface area (Å²) in [4.78, 5) is 20.3. The van der Waals surface area contributed by atoms with E-state index in [1.165, 1.54) is 36.4 Å². The van der Waals surface area contributed by atoms with E-state index in [0.717, 1.165) is 10.5 Å². The molecule has 12 heteroatoms. The number of aliphatic hydroxyl groups is 1. The van der Waals surface area contributed by atoms with Gasteiger partial charge in [-0.1, -0.05) is 29.8 Å². The summed E-state index contributed by atoms with van der Waals surface area (Å²) in [6.45, 7) is -0.146. The van der Waals surface area contributed by atoms with Gasteiger partial charge in [0.25, 0.3) is 15.9 Å². The number of sulfonamides is 1. The molecule has 4 aromatic rings. The van der Waals surface area contributed by atoms with Crippen LogP contribution in [0, 0.1) is 5.41 Å². The molecule has 5 rings (SSSR count). The third-order valence-corrected chi connectivity index (χ3v) is 7.10. The van der Waals surface area contributed by atoms with Crippen molar-refractivity contribution >= 4 is 55.7 Å². The third-order valence-electron chi connectivity index (χ3n) is 5.47. The summed E-state index contributed by atoms with van der Waals surface area (Å²) < 4.78 is 28.0. The van der Waals surface area contributed by atoms with Crippen LogP contribution in [0.5, 0.6) is 0 Å². The van der Waals surface area contributed by atoms with Crippen molar-refractivity contribution in [1.29, 1.82) is 5.41 Å². The SMILES string of the molecule is N=C1C(c2nc3ccccc3[nH]2)=C(O)CN1NC(=O)c1cccc(S(=O)(=O)Nc2ccc(Cl)cc2)c1. The maximum Gasteiger partial charge on any atom is 0.269 e. The minimum Gasteiger partial charge on any atom is -0.509 e. The first-order valence-corrected chi connectivity index (χ1v) is 12.5. The molecule has 1 aromatic heterocycles. The number of hydrogen-bond donors (Lipinski definition) is 5. The Bertz CT molecular complexity index is 1610. The fraction of sp³-hybridized carbons (Fsp3) is 0.0417. The van der Waals surface area contributed by atoms with Gasteiger partial charge in [0.1, 0.15) is 17.2 Å². The number of H-pyrrole nitrogens is 1. The molecule has 5 N–H and O–H groups in total. The van der Waals surface area contributed by atoms with Crippen molar-refractivity contribution in [2.75, 3.05) is 11.3 Å². The monoisotopic (exact) mass is 522 g/mol. The predicted molar refractivity (Wildman–Crippen MR) is 136 cm³/mol. The number of fused-ring (bicyclic) bond motifs is 1. The molecule has 0 saturated carbocycles. The van der Waals surface area contributed by atoms with E-state index in [2.05, 4.69) is 20.1 Å². The third kappa shape index (κ3) is 4.49. The highest BCUT2D eigenvalue weighted by Crippen LogP contribution is 2.26. The van der Waals surface area contributed by atoms with Gasteiger partial charge in [0.05, 0.1) is 22.5 Å². The van der Waals surface area contributed by atoms with E-state index in [1.54, 1.807) is 18.2 Å². The Labute approximate surface area is 210 Å². The van der Waals surface area contributed by atoms with Gasteiger partial charge in [0, 0.05) is 16.3 Å². The minimum atomic E-state index is -3.98. The standard InChI is InChI=1S/C24H19ClN6O4S/c25-15-8-10-16(11-9-15)30-36(34,35)17-5-3-4-14(12-17)24(33)29-31-13-20(32)21(22(31)26)23-27-18-6-1-2-7-19(18)28-23/h1-12,26,30,32H,13H2,(H,27,28)(H,29,33). The van der Waals surface area contributed by atoms with E-state index in [1.807, 2.05) is 18.2 Å². The Kier molecular flexibility index (Phi) is 5.86. The second-order valence-electron chi connectivity index (χ2n) is 7.94. The molecular formula is C24H19ClN6O4S. The number of amides is 1. The van der Waals surface area contributed by atoms with Crippen LogP contribution in [-0.2, 0) is 10.0 Å². The number of nitrogens with one attached hydrogen (secondary N) is 4. The quantitative estimate of drug-likeness (QED) is 0.259. The normalized spacial score (nSPS) is 13.9. The number of benzene rings is 3. The van der Waals surface area contributed by atoms with E-state index >= 15 is 0 Å². The summed E-state index contributed by atoms with van der Waals surface area (Å²) in [5, 5.41) is 20.6. The molecule has 1 aliphatic rings. The summed E-state index contributed by atoms with van der Waals surface area (Å²) in [5.41, 5.74) is 4.49. The summed E-state index contributed by atoms with van der Waals surface area (Å²) in [5.74, 6) is -0.644. The molecule has 0 aliphatic carbocycles. The molecule has 3 aromatic carbocycles. The van der Waals surface area contributed by atoms with Crippen LogP contribution in [0.1, 0.15) is 16.2 Å². The number of hydrazine groups is 1. The molecular weight excluding hydrogens is 504 g/mol. The smallest absolute Gasteiger partial charge is 0.269 e.